The third kappa shape index (κ3) is 10.7. The number of nitrogens with zero attached hydrogens (tertiary/aromatic N) is 4. The fourth-order valence-electron chi connectivity index (χ4n) is 7.95. The van der Waals surface area contributed by atoms with Crippen LogP contribution in [-0.2, 0) is 14.3 Å². The number of rotatable bonds is 9. The molecule has 2 aromatic heterocycles. The number of amides is 3. The molecule has 3 amide bonds. The molecule has 2 saturated heterocycles. The van der Waals surface area contributed by atoms with Crippen molar-refractivity contribution >= 4 is 69.4 Å². The number of hydrogen-bond donors (Lipinski definition) is 3. The third-order valence-electron chi connectivity index (χ3n) is 10.8. The van der Waals surface area contributed by atoms with Crippen LogP contribution in [0.25, 0.3) is 22.3 Å². The van der Waals surface area contributed by atoms with Crippen LogP contribution in [0.3, 0.4) is 0 Å². The normalized spacial score (nSPS) is 16.8. The molecule has 0 spiro atoms. The first-order valence-corrected chi connectivity index (χ1v) is 19.3. The van der Waals surface area contributed by atoms with E-state index in [0.717, 1.165) is 82.9 Å². The van der Waals surface area contributed by atoms with E-state index in [-0.39, 0.29) is 89.6 Å². The Morgan fingerprint density at radius 3 is 2.02 bits per heavy atom. The first-order valence-electron chi connectivity index (χ1n) is 19.3. The molecule has 0 radical (unpaired) electrons. The summed E-state index contributed by atoms with van der Waals surface area (Å²) in [5.74, 6) is 8.04. The van der Waals surface area contributed by atoms with Crippen LogP contribution in [0.5, 0.6) is 0 Å². The molecule has 3 aromatic carbocycles. The molecule has 5 aromatic rings. The van der Waals surface area contributed by atoms with Gasteiger partial charge >= 0.3 is 6.09 Å². The molecule has 0 aliphatic carbocycles. The number of alkyl carbamates (subject to hydrolysis) is 1. The number of carbonyl (C=O) groups is 3. The summed E-state index contributed by atoms with van der Waals surface area (Å²) in [6.07, 6.45) is 4.64. The molecule has 2 aliphatic heterocycles. The molecule has 316 valence electrons. The Morgan fingerprint density at radius 1 is 0.780 bits per heavy atom. The van der Waals surface area contributed by atoms with Gasteiger partial charge in [0.25, 0.3) is 0 Å². The summed E-state index contributed by atoms with van der Waals surface area (Å²) >= 11 is 0. The number of hydrogen-bond acceptors (Lipinski definition) is 6. The lowest BCUT2D eigenvalue weighted by molar-refractivity contribution is -0.136. The number of likely N-dealkylation sites (tertiary alicyclic amines) is 2. The molecule has 14 heteroatoms. The zero-order valence-corrected chi connectivity index (χ0v) is 36.6. The van der Waals surface area contributed by atoms with E-state index < -0.39 is 12.1 Å². The van der Waals surface area contributed by atoms with Gasteiger partial charge in [0.1, 0.15) is 17.7 Å². The largest absolute Gasteiger partial charge is 0.453 e. The summed E-state index contributed by atoms with van der Waals surface area (Å²) in [7, 11) is 1.29. The quantitative estimate of drug-likeness (QED) is 0.127. The number of imidazole rings is 2. The molecule has 0 bridgehead atoms. The molecule has 3 N–H and O–H groups in total. The predicted molar refractivity (Wildman–Crippen MR) is 250 cm³/mol. The van der Waals surface area contributed by atoms with E-state index in [1.54, 1.807) is 6.20 Å². The number of aromatic amines is 2. The van der Waals surface area contributed by atoms with Gasteiger partial charge in [-0.1, -0.05) is 89.4 Å². The molecule has 59 heavy (non-hydrogen) atoms. The smallest absolute Gasteiger partial charge is 0.407 e. The van der Waals surface area contributed by atoms with Crippen LogP contribution in [0.15, 0.2) is 79.0 Å². The Morgan fingerprint density at radius 2 is 1.39 bits per heavy atom. The predicted octanol–water partition coefficient (Wildman–Crippen LogP) is 8.47. The summed E-state index contributed by atoms with van der Waals surface area (Å²) in [5, 5.41) is 2.70. The zero-order valence-electron chi connectivity index (χ0n) is 33.6. The number of ether oxygens (including phenoxy) is 1. The van der Waals surface area contributed by atoms with Crippen molar-refractivity contribution in [2.45, 2.75) is 84.8 Å². The second kappa shape index (κ2) is 21.4. The molecular weight excluding hydrogens is 799 g/mol. The number of carbonyl (C=O) groups excluding carboxylic acids is 3. The average molecular weight is 858 g/mol. The Bertz CT molecular complexity index is 2230. The third-order valence-corrected chi connectivity index (χ3v) is 10.8. The average Bonchev–Trinajstić information content (AvgIpc) is 4.02. The van der Waals surface area contributed by atoms with Crippen molar-refractivity contribution in [3.05, 3.63) is 107 Å². The number of fused-ring (bicyclic) bond motifs is 1. The molecule has 4 atom stereocenters. The Labute approximate surface area is 369 Å². The summed E-state index contributed by atoms with van der Waals surface area (Å²) in [6, 6.07) is 23.1. The van der Waals surface area contributed by atoms with Gasteiger partial charge in [-0.15, -0.1) is 0 Å². The minimum atomic E-state index is -0.682. The van der Waals surface area contributed by atoms with Crippen LogP contribution in [0.2, 0.25) is 0 Å². The standard InChI is InChI=1S/C44H49N7O4.CH4.3H2S/c1-27(2)38(32-11-7-6-8-12-32)42(52)50-23-10-14-37(50)41-46-33-22-19-30(25-34(33)47-41)16-15-29-17-20-31(21-18-29)35-26-45-40(48-35)36-13-9-24-51(36)43(53)39(28(3)4)49-44(54)55-5;;;;/h6-8,11-12,17-22,25-28,36-39H,9-10,13-14,23-24H2,1-5H3,(H,45,48)(H,46,47)(H,49,54);1H4;3*1H2/t36-,37-,38+,39-;;;;/m0..../s1. The number of aromatic nitrogens is 4. The maximum Gasteiger partial charge on any atom is 0.407 e. The molecule has 0 saturated carbocycles. The first kappa shape index (κ1) is 48.5. The minimum absolute atomic E-state index is 0. The van der Waals surface area contributed by atoms with Gasteiger partial charge in [-0.3, -0.25) is 9.59 Å². The van der Waals surface area contributed by atoms with Crippen molar-refractivity contribution in [2.75, 3.05) is 20.2 Å². The van der Waals surface area contributed by atoms with E-state index in [4.69, 9.17) is 9.72 Å². The number of nitrogens with one attached hydrogen (secondary N) is 3. The summed E-state index contributed by atoms with van der Waals surface area (Å²) < 4.78 is 4.75. The summed E-state index contributed by atoms with van der Waals surface area (Å²) in [5.41, 5.74) is 6.36. The van der Waals surface area contributed by atoms with Crippen LogP contribution < -0.4 is 5.32 Å². The molecule has 0 unspecified atom stereocenters. The lowest BCUT2D eigenvalue weighted by Gasteiger charge is -2.30. The van der Waals surface area contributed by atoms with Gasteiger partial charge in [0.2, 0.25) is 11.8 Å². The van der Waals surface area contributed by atoms with Gasteiger partial charge in [0, 0.05) is 24.2 Å². The topological polar surface area (TPSA) is 136 Å². The number of methoxy groups -OCH3 is 1. The van der Waals surface area contributed by atoms with E-state index in [1.807, 2.05) is 84.3 Å². The summed E-state index contributed by atoms with van der Waals surface area (Å²) in [4.78, 5) is 59.8. The van der Waals surface area contributed by atoms with Gasteiger partial charge in [-0.2, -0.15) is 40.5 Å². The van der Waals surface area contributed by atoms with Crippen LogP contribution in [0.4, 0.5) is 4.79 Å². The first-order chi connectivity index (χ1) is 26.6. The van der Waals surface area contributed by atoms with Crippen LogP contribution >= 0.6 is 40.5 Å². The van der Waals surface area contributed by atoms with E-state index in [9.17, 15) is 14.4 Å². The van der Waals surface area contributed by atoms with Crippen LogP contribution in [0, 0.1) is 23.7 Å². The molecule has 2 aliphatic rings. The molecule has 11 nitrogen and oxygen atoms in total. The van der Waals surface area contributed by atoms with E-state index in [0.29, 0.717) is 6.54 Å². The summed E-state index contributed by atoms with van der Waals surface area (Å²) in [6.45, 7) is 9.36. The second-order valence-electron chi connectivity index (χ2n) is 15.2. The Balaban J connectivity index is 0.00000233. The molecule has 2 fully saturated rings. The Hall–Kier alpha value is -4.84. The fraction of sp³-hybridized carbons (Fsp3) is 0.400. The van der Waals surface area contributed by atoms with E-state index in [2.05, 4.69) is 58.1 Å². The van der Waals surface area contributed by atoms with Gasteiger partial charge in [0.05, 0.1) is 48.0 Å². The maximum absolute atomic E-state index is 14.0. The SMILES string of the molecule is C.COC(=O)N[C@H](C(=O)N1CCC[C@H]1c1ncc(-c2ccc(C#Cc3ccc4nc([C@@H]5CCCN5C(=O)[C@@H](c5ccccc5)C(C)C)[nH]c4c3)cc2)[nH]1)C(C)C.S.S.S. The number of benzene rings is 3. The monoisotopic (exact) mass is 857 g/mol. The fourth-order valence-corrected chi connectivity index (χ4v) is 7.95. The van der Waals surface area contributed by atoms with Crippen molar-refractivity contribution in [2.24, 2.45) is 11.8 Å². The van der Waals surface area contributed by atoms with Crippen molar-refractivity contribution in [1.82, 2.24) is 35.1 Å². The number of H-pyrrole nitrogens is 2. The second-order valence-corrected chi connectivity index (χ2v) is 15.2. The van der Waals surface area contributed by atoms with Gasteiger partial charge in [0.15, 0.2) is 0 Å². The van der Waals surface area contributed by atoms with Gasteiger partial charge in [-0.05, 0) is 79.0 Å². The van der Waals surface area contributed by atoms with Crippen molar-refractivity contribution in [3.8, 4) is 23.1 Å². The maximum atomic E-state index is 14.0. The van der Waals surface area contributed by atoms with Gasteiger partial charge < -0.3 is 29.8 Å². The highest BCUT2D eigenvalue weighted by atomic mass is 32.1. The van der Waals surface area contributed by atoms with Crippen molar-refractivity contribution < 1.29 is 19.1 Å². The highest BCUT2D eigenvalue weighted by molar-refractivity contribution is 7.59. The molecule has 7 rings (SSSR count). The van der Waals surface area contributed by atoms with Crippen LogP contribution in [-0.4, -0.2) is 73.9 Å². The minimum Gasteiger partial charge on any atom is -0.453 e. The van der Waals surface area contributed by atoms with E-state index in [1.165, 1.54) is 7.11 Å². The van der Waals surface area contributed by atoms with Gasteiger partial charge in [-0.25, -0.2) is 14.8 Å². The highest BCUT2D eigenvalue weighted by Crippen LogP contribution is 2.37. The lowest BCUT2D eigenvalue weighted by Crippen LogP contribution is -2.51. The van der Waals surface area contributed by atoms with Crippen LogP contribution in [0.1, 0.15) is 107 Å². The molecular formula is C45H59N7O4S3. The van der Waals surface area contributed by atoms with Crippen molar-refractivity contribution in [1.29, 1.82) is 0 Å². The van der Waals surface area contributed by atoms with E-state index >= 15 is 0 Å². The highest BCUT2D eigenvalue weighted by Gasteiger charge is 2.39. The molecule has 4 heterocycles. The lowest BCUT2D eigenvalue weighted by atomic mass is 9.87. The zero-order chi connectivity index (χ0) is 38.6. The Kier molecular flexibility index (Phi) is 17.6. The van der Waals surface area contributed by atoms with Crippen molar-refractivity contribution in [3.63, 3.8) is 0 Å².